The first kappa shape index (κ1) is 13.8. The maximum atomic E-state index is 11.0. The number of carbonyl (C=O) groups is 1. The molecule has 0 saturated carbocycles. The van der Waals surface area contributed by atoms with Gasteiger partial charge in [-0.1, -0.05) is 0 Å². The van der Waals surface area contributed by atoms with E-state index in [4.69, 9.17) is 9.84 Å². The van der Waals surface area contributed by atoms with Gasteiger partial charge in [-0.2, -0.15) is 0 Å². The van der Waals surface area contributed by atoms with Crippen molar-refractivity contribution in [1.29, 1.82) is 0 Å². The summed E-state index contributed by atoms with van der Waals surface area (Å²) >= 11 is 1.39. The minimum atomic E-state index is -1.33. The van der Waals surface area contributed by atoms with Gasteiger partial charge in [0.25, 0.3) is 0 Å². The van der Waals surface area contributed by atoms with E-state index in [-0.39, 0.29) is 16.9 Å². The van der Waals surface area contributed by atoms with Crippen molar-refractivity contribution in [3.63, 3.8) is 0 Å². The fourth-order valence-corrected chi connectivity index (χ4v) is 2.93. The average molecular weight is 284 g/mol. The molecular weight excluding hydrogens is 272 g/mol. The summed E-state index contributed by atoms with van der Waals surface area (Å²) in [6.45, 7) is 2.60. The molecule has 1 fully saturated rings. The van der Waals surface area contributed by atoms with Gasteiger partial charge in [0.2, 0.25) is 0 Å². The van der Waals surface area contributed by atoms with Crippen LogP contribution in [-0.2, 0) is 4.74 Å². The first-order chi connectivity index (χ1) is 8.99. The Hall–Kier alpha value is -1.67. The van der Waals surface area contributed by atoms with Gasteiger partial charge in [0.1, 0.15) is 11.8 Å². The van der Waals surface area contributed by atoms with Crippen molar-refractivity contribution in [1.82, 2.24) is 4.98 Å². The fraction of sp³-hybridized carbons (Fsp3) is 0.455. The lowest BCUT2D eigenvalue weighted by Crippen LogP contribution is -2.13. The molecule has 0 amide bonds. The second-order valence-electron chi connectivity index (χ2n) is 4.12. The normalized spacial score (nSPS) is 22.4. The van der Waals surface area contributed by atoms with Crippen molar-refractivity contribution < 1.29 is 19.6 Å². The molecule has 7 nitrogen and oxygen atoms in total. The predicted octanol–water partition coefficient (Wildman–Crippen LogP) is 1.96. The van der Waals surface area contributed by atoms with E-state index < -0.39 is 16.6 Å². The van der Waals surface area contributed by atoms with Gasteiger partial charge in [-0.15, -0.1) is 11.8 Å². The summed E-state index contributed by atoms with van der Waals surface area (Å²) in [5.41, 5.74) is -0.832. The SMILES string of the molecule is CC1OCCC1Sc1cc(C(=O)O)c([N+](=O)[O-])cn1. The van der Waals surface area contributed by atoms with Crippen molar-refractivity contribution in [2.45, 2.75) is 29.7 Å². The van der Waals surface area contributed by atoms with Crippen LogP contribution >= 0.6 is 11.8 Å². The lowest BCUT2D eigenvalue weighted by molar-refractivity contribution is -0.385. The molecule has 1 N–H and O–H groups in total. The monoisotopic (exact) mass is 284 g/mol. The van der Waals surface area contributed by atoms with E-state index in [1.807, 2.05) is 6.92 Å². The van der Waals surface area contributed by atoms with Crippen molar-refractivity contribution in [2.75, 3.05) is 6.61 Å². The number of rotatable bonds is 4. The molecule has 102 valence electrons. The van der Waals surface area contributed by atoms with Crippen molar-refractivity contribution in [3.05, 3.63) is 27.9 Å². The molecule has 0 aliphatic carbocycles. The lowest BCUT2D eigenvalue weighted by Gasteiger charge is -2.12. The number of nitro groups is 1. The number of ether oxygens (including phenoxy) is 1. The molecule has 0 radical (unpaired) electrons. The predicted molar refractivity (Wildman–Crippen MR) is 67.5 cm³/mol. The second kappa shape index (κ2) is 5.54. The van der Waals surface area contributed by atoms with Crippen LogP contribution in [0.1, 0.15) is 23.7 Å². The Bertz CT molecular complexity index is 522. The minimum absolute atomic E-state index is 0.0651. The van der Waals surface area contributed by atoms with Crippen LogP contribution in [0, 0.1) is 10.1 Å². The van der Waals surface area contributed by atoms with E-state index in [1.165, 1.54) is 17.8 Å². The Balaban J connectivity index is 2.25. The van der Waals surface area contributed by atoms with E-state index in [2.05, 4.69) is 4.98 Å². The molecule has 1 aliphatic heterocycles. The third-order valence-corrected chi connectivity index (χ3v) is 4.25. The molecule has 2 heterocycles. The van der Waals surface area contributed by atoms with E-state index in [0.29, 0.717) is 11.6 Å². The summed E-state index contributed by atoms with van der Waals surface area (Å²) in [6.07, 6.45) is 1.91. The number of carboxylic acid groups (broad SMARTS) is 1. The smallest absolute Gasteiger partial charge is 0.342 e. The summed E-state index contributed by atoms with van der Waals surface area (Å²) < 4.78 is 5.40. The molecule has 8 heteroatoms. The van der Waals surface area contributed by atoms with Crippen LogP contribution in [0.25, 0.3) is 0 Å². The fourth-order valence-electron chi connectivity index (χ4n) is 1.83. The largest absolute Gasteiger partial charge is 0.477 e. The zero-order valence-corrected chi connectivity index (χ0v) is 10.9. The summed E-state index contributed by atoms with van der Waals surface area (Å²) in [6, 6.07) is 1.25. The molecule has 2 rings (SSSR count). The van der Waals surface area contributed by atoms with Gasteiger partial charge >= 0.3 is 11.7 Å². The zero-order chi connectivity index (χ0) is 14.0. The number of nitrogens with zero attached hydrogens (tertiary/aromatic N) is 2. The van der Waals surface area contributed by atoms with Crippen LogP contribution < -0.4 is 0 Å². The van der Waals surface area contributed by atoms with Crippen molar-refractivity contribution in [3.8, 4) is 0 Å². The number of hydrogen-bond donors (Lipinski definition) is 1. The number of aromatic nitrogens is 1. The lowest BCUT2D eigenvalue weighted by atomic mass is 10.2. The molecular formula is C11H12N2O5S. The molecule has 1 aromatic heterocycles. The van der Waals surface area contributed by atoms with E-state index in [9.17, 15) is 14.9 Å². The molecule has 19 heavy (non-hydrogen) atoms. The summed E-state index contributed by atoms with van der Waals surface area (Å²) in [5, 5.41) is 20.3. The maximum Gasteiger partial charge on any atom is 0.342 e. The van der Waals surface area contributed by atoms with Gasteiger partial charge in [0, 0.05) is 11.9 Å². The van der Waals surface area contributed by atoms with Gasteiger partial charge in [-0.3, -0.25) is 10.1 Å². The van der Waals surface area contributed by atoms with Crippen LogP contribution in [0.4, 0.5) is 5.69 Å². The molecule has 0 aromatic carbocycles. The van der Waals surface area contributed by atoms with Crippen LogP contribution in [0.5, 0.6) is 0 Å². The van der Waals surface area contributed by atoms with E-state index in [0.717, 1.165) is 12.6 Å². The van der Waals surface area contributed by atoms with Crippen LogP contribution in [0.3, 0.4) is 0 Å². The summed E-state index contributed by atoms with van der Waals surface area (Å²) in [4.78, 5) is 24.9. The van der Waals surface area contributed by atoms with Crippen molar-refractivity contribution >= 4 is 23.4 Å². The number of aromatic carboxylic acids is 1. The second-order valence-corrected chi connectivity index (χ2v) is 5.38. The molecule has 0 bridgehead atoms. The highest BCUT2D eigenvalue weighted by atomic mass is 32.2. The highest BCUT2D eigenvalue weighted by molar-refractivity contribution is 7.99. The molecule has 1 aliphatic rings. The first-order valence-corrected chi connectivity index (χ1v) is 6.53. The summed E-state index contributed by atoms with van der Waals surface area (Å²) in [5.74, 6) is -1.33. The third-order valence-electron chi connectivity index (χ3n) is 2.86. The number of thioether (sulfide) groups is 1. The number of pyridine rings is 1. The number of carboxylic acids is 1. The maximum absolute atomic E-state index is 11.0. The molecule has 0 spiro atoms. The molecule has 1 saturated heterocycles. The Labute approximate surface area is 113 Å². The quantitative estimate of drug-likeness (QED) is 0.665. The third kappa shape index (κ3) is 3.02. The van der Waals surface area contributed by atoms with Gasteiger partial charge in [0.15, 0.2) is 0 Å². The van der Waals surface area contributed by atoms with Crippen LogP contribution in [0.15, 0.2) is 17.3 Å². The number of hydrogen-bond acceptors (Lipinski definition) is 6. The van der Waals surface area contributed by atoms with Crippen molar-refractivity contribution in [2.24, 2.45) is 0 Å². The topological polar surface area (TPSA) is 103 Å². The Kier molecular flexibility index (Phi) is 4.01. The van der Waals surface area contributed by atoms with Gasteiger partial charge < -0.3 is 9.84 Å². The summed E-state index contributed by atoms with van der Waals surface area (Å²) in [7, 11) is 0. The Morgan fingerprint density at radius 3 is 2.95 bits per heavy atom. The average Bonchev–Trinajstić information content (AvgIpc) is 2.74. The highest BCUT2D eigenvalue weighted by Crippen LogP contribution is 2.33. The van der Waals surface area contributed by atoms with Crippen LogP contribution in [-0.4, -0.2) is 38.9 Å². The molecule has 1 aromatic rings. The minimum Gasteiger partial charge on any atom is -0.477 e. The van der Waals surface area contributed by atoms with Crippen LogP contribution in [0.2, 0.25) is 0 Å². The van der Waals surface area contributed by atoms with Gasteiger partial charge in [-0.25, -0.2) is 9.78 Å². The molecule has 2 atom stereocenters. The van der Waals surface area contributed by atoms with Gasteiger partial charge in [-0.05, 0) is 19.4 Å². The Morgan fingerprint density at radius 2 is 2.42 bits per heavy atom. The van der Waals surface area contributed by atoms with E-state index >= 15 is 0 Å². The standard InChI is InChI=1S/C11H12N2O5S/c1-6-9(2-3-18-6)19-10-4-7(11(14)15)8(5-12-10)13(16)17/h4-6,9H,2-3H2,1H3,(H,14,15). The first-order valence-electron chi connectivity index (χ1n) is 5.65. The highest BCUT2D eigenvalue weighted by Gasteiger charge is 2.27. The Morgan fingerprint density at radius 1 is 1.68 bits per heavy atom. The zero-order valence-electron chi connectivity index (χ0n) is 10.1. The molecule has 2 unspecified atom stereocenters. The van der Waals surface area contributed by atoms with Gasteiger partial charge in [0.05, 0.1) is 16.1 Å². The van der Waals surface area contributed by atoms with E-state index in [1.54, 1.807) is 0 Å².